The number of aromatic nitrogens is 2. The summed E-state index contributed by atoms with van der Waals surface area (Å²) in [5.74, 6) is 0.475. The lowest BCUT2D eigenvalue weighted by molar-refractivity contribution is -0.125. The van der Waals surface area contributed by atoms with E-state index in [1.165, 1.54) is 0 Å². The van der Waals surface area contributed by atoms with Gasteiger partial charge in [-0.25, -0.2) is 9.78 Å². The minimum atomic E-state index is -0.404. The average Bonchev–Trinajstić information content (AvgIpc) is 3.28. The number of urea groups is 1. The third-order valence-electron chi connectivity index (χ3n) is 5.11. The summed E-state index contributed by atoms with van der Waals surface area (Å²) in [4.78, 5) is 44.2. The lowest BCUT2D eigenvalue weighted by atomic mass is 10.1. The van der Waals surface area contributed by atoms with Crippen molar-refractivity contribution >= 4 is 30.3 Å². The van der Waals surface area contributed by atoms with E-state index in [-0.39, 0.29) is 43.4 Å². The van der Waals surface area contributed by atoms with Crippen LogP contribution in [0.1, 0.15) is 27.8 Å². The molecule has 2 saturated heterocycles. The van der Waals surface area contributed by atoms with Crippen molar-refractivity contribution in [3.8, 4) is 0 Å². The zero-order valence-corrected chi connectivity index (χ0v) is 16.8. The average molecular weight is 419 g/mol. The molecule has 10 heteroatoms. The number of carbonyl (C=O) groups is 3. The molecule has 4 amide bonds. The smallest absolute Gasteiger partial charge is 0.324 e. The van der Waals surface area contributed by atoms with Gasteiger partial charge in [0, 0.05) is 44.6 Å². The fraction of sp³-hybridized carbons (Fsp3) is 0.368. The van der Waals surface area contributed by atoms with Gasteiger partial charge < -0.3 is 20.1 Å². The maximum Gasteiger partial charge on any atom is 0.324 e. The van der Waals surface area contributed by atoms with E-state index in [1.54, 1.807) is 24.4 Å². The van der Waals surface area contributed by atoms with Gasteiger partial charge in [0.05, 0.1) is 13.1 Å². The predicted octanol–water partition coefficient (Wildman–Crippen LogP) is 0.680. The number of hydrogen-bond acceptors (Lipinski definition) is 5. The van der Waals surface area contributed by atoms with Crippen LogP contribution in [0.2, 0.25) is 0 Å². The lowest BCUT2D eigenvalue weighted by Crippen LogP contribution is -2.49. The molecule has 1 aromatic heterocycles. The standard InChI is InChI=1S/C19H22N6O3.ClH/c1-23-7-6-21-17(23)15-10-20-5-8-24(15)18(27)14-4-2-3-13(9-14)12-25-16(26)11-22-19(25)28;/h2-4,6-7,9,15,20H,5,8,10-12H2,1H3,(H,22,28);1H. The summed E-state index contributed by atoms with van der Waals surface area (Å²) in [6.45, 7) is 2.10. The molecule has 0 bridgehead atoms. The zero-order valence-electron chi connectivity index (χ0n) is 16.0. The first kappa shape index (κ1) is 20.8. The second-order valence-corrected chi connectivity index (χ2v) is 6.95. The van der Waals surface area contributed by atoms with Crippen LogP contribution in [0.3, 0.4) is 0 Å². The summed E-state index contributed by atoms with van der Waals surface area (Å²) in [5.41, 5.74) is 1.27. The van der Waals surface area contributed by atoms with Crippen LogP contribution >= 0.6 is 12.4 Å². The highest BCUT2D eigenvalue weighted by atomic mass is 35.5. The van der Waals surface area contributed by atoms with Crippen molar-refractivity contribution in [3.63, 3.8) is 0 Å². The van der Waals surface area contributed by atoms with Crippen LogP contribution in [0.15, 0.2) is 36.7 Å². The van der Waals surface area contributed by atoms with Crippen LogP contribution in [-0.2, 0) is 18.4 Å². The van der Waals surface area contributed by atoms with E-state index in [0.29, 0.717) is 18.7 Å². The number of piperazine rings is 1. The molecule has 2 fully saturated rings. The summed E-state index contributed by atoms with van der Waals surface area (Å²) in [6, 6.07) is 6.53. The van der Waals surface area contributed by atoms with Crippen LogP contribution in [0.5, 0.6) is 0 Å². The van der Waals surface area contributed by atoms with Crippen molar-refractivity contribution in [1.82, 2.24) is 30.0 Å². The Hall–Kier alpha value is -2.91. The quantitative estimate of drug-likeness (QED) is 0.711. The number of imidazole rings is 1. The second-order valence-electron chi connectivity index (χ2n) is 6.95. The first-order chi connectivity index (χ1) is 13.5. The molecule has 2 aromatic rings. The summed E-state index contributed by atoms with van der Waals surface area (Å²) in [6.07, 6.45) is 3.59. The van der Waals surface area contributed by atoms with E-state index < -0.39 is 6.03 Å². The van der Waals surface area contributed by atoms with Gasteiger partial charge in [0.25, 0.3) is 5.91 Å². The summed E-state index contributed by atoms with van der Waals surface area (Å²) >= 11 is 0. The monoisotopic (exact) mass is 418 g/mol. The van der Waals surface area contributed by atoms with Gasteiger partial charge in [0.2, 0.25) is 5.91 Å². The van der Waals surface area contributed by atoms with E-state index in [1.807, 2.05) is 28.8 Å². The van der Waals surface area contributed by atoms with Gasteiger partial charge >= 0.3 is 6.03 Å². The van der Waals surface area contributed by atoms with Crippen molar-refractivity contribution in [2.45, 2.75) is 12.6 Å². The van der Waals surface area contributed by atoms with Crippen LogP contribution in [0.25, 0.3) is 0 Å². The number of aryl methyl sites for hydroxylation is 1. The summed E-state index contributed by atoms with van der Waals surface area (Å²) in [5, 5.41) is 5.82. The van der Waals surface area contributed by atoms with Crippen molar-refractivity contribution in [2.24, 2.45) is 7.05 Å². The molecule has 4 rings (SSSR count). The molecule has 2 aliphatic rings. The Labute approximate surface area is 174 Å². The molecule has 29 heavy (non-hydrogen) atoms. The number of rotatable bonds is 4. The molecule has 0 saturated carbocycles. The molecule has 3 heterocycles. The van der Waals surface area contributed by atoms with Crippen molar-refractivity contribution in [1.29, 1.82) is 0 Å². The number of nitrogens with zero attached hydrogens (tertiary/aromatic N) is 4. The summed E-state index contributed by atoms with van der Waals surface area (Å²) in [7, 11) is 1.92. The molecule has 9 nitrogen and oxygen atoms in total. The predicted molar refractivity (Wildman–Crippen MR) is 107 cm³/mol. The molecule has 2 aliphatic heterocycles. The molecule has 154 valence electrons. The van der Waals surface area contributed by atoms with Crippen molar-refractivity contribution in [2.75, 3.05) is 26.2 Å². The first-order valence-corrected chi connectivity index (χ1v) is 9.20. The zero-order chi connectivity index (χ0) is 19.7. The molecular weight excluding hydrogens is 396 g/mol. The maximum atomic E-state index is 13.2. The highest BCUT2D eigenvalue weighted by Crippen LogP contribution is 2.23. The Morgan fingerprint density at radius 3 is 2.83 bits per heavy atom. The van der Waals surface area contributed by atoms with Gasteiger partial charge in [0.1, 0.15) is 11.9 Å². The number of carbonyl (C=O) groups excluding carboxylic acids is 3. The number of hydrogen-bond donors (Lipinski definition) is 2. The molecule has 1 unspecified atom stereocenters. The third kappa shape index (κ3) is 4.10. The van der Waals surface area contributed by atoms with E-state index in [9.17, 15) is 14.4 Å². The Morgan fingerprint density at radius 2 is 2.14 bits per heavy atom. The molecular formula is C19H23ClN6O3. The van der Waals surface area contributed by atoms with E-state index >= 15 is 0 Å². The molecule has 2 N–H and O–H groups in total. The van der Waals surface area contributed by atoms with Gasteiger partial charge in [-0.05, 0) is 17.7 Å². The number of nitrogens with one attached hydrogen (secondary N) is 2. The SMILES string of the molecule is Cl.Cn1ccnc1C1CNCCN1C(=O)c1cccc(CN2C(=O)CNC2=O)c1. The molecule has 1 aromatic carbocycles. The van der Waals surface area contributed by atoms with E-state index in [2.05, 4.69) is 15.6 Å². The minimum Gasteiger partial charge on any atom is -0.336 e. The molecule has 0 spiro atoms. The highest BCUT2D eigenvalue weighted by Gasteiger charge is 2.32. The Kier molecular flexibility index (Phi) is 6.19. The van der Waals surface area contributed by atoms with Gasteiger partial charge in [-0.2, -0.15) is 0 Å². The lowest BCUT2D eigenvalue weighted by Gasteiger charge is -2.36. The number of benzene rings is 1. The fourth-order valence-corrected chi connectivity index (χ4v) is 3.64. The van der Waals surface area contributed by atoms with Crippen LogP contribution < -0.4 is 10.6 Å². The van der Waals surface area contributed by atoms with Gasteiger partial charge in [0.15, 0.2) is 0 Å². The topological polar surface area (TPSA) is 99.6 Å². The van der Waals surface area contributed by atoms with Crippen molar-refractivity contribution < 1.29 is 14.4 Å². The normalized spacial score (nSPS) is 19.1. The minimum absolute atomic E-state index is 0. The van der Waals surface area contributed by atoms with Crippen molar-refractivity contribution in [3.05, 3.63) is 53.6 Å². The van der Waals surface area contributed by atoms with Gasteiger partial charge in [-0.3, -0.25) is 14.5 Å². The number of halogens is 1. The van der Waals surface area contributed by atoms with Gasteiger partial charge in [-0.15, -0.1) is 12.4 Å². The molecule has 0 aliphatic carbocycles. The van der Waals surface area contributed by atoms with Crippen LogP contribution in [0, 0.1) is 0 Å². The highest BCUT2D eigenvalue weighted by molar-refractivity contribution is 6.02. The van der Waals surface area contributed by atoms with Crippen LogP contribution in [-0.4, -0.2) is 63.4 Å². The summed E-state index contributed by atoms with van der Waals surface area (Å²) < 4.78 is 1.92. The Bertz CT molecular complexity index is 914. The first-order valence-electron chi connectivity index (χ1n) is 9.20. The number of imide groups is 1. The Morgan fingerprint density at radius 1 is 1.31 bits per heavy atom. The Balaban J connectivity index is 0.00000240. The van der Waals surface area contributed by atoms with Crippen LogP contribution in [0.4, 0.5) is 4.79 Å². The van der Waals surface area contributed by atoms with E-state index in [0.717, 1.165) is 22.8 Å². The molecule has 1 atom stereocenters. The number of amides is 4. The molecule has 0 radical (unpaired) electrons. The maximum absolute atomic E-state index is 13.2. The fourth-order valence-electron chi connectivity index (χ4n) is 3.64. The largest absolute Gasteiger partial charge is 0.336 e. The third-order valence-corrected chi connectivity index (χ3v) is 5.11. The van der Waals surface area contributed by atoms with Gasteiger partial charge in [-0.1, -0.05) is 12.1 Å². The van der Waals surface area contributed by atoms with E-state index in [4.69, 9.17) is 0 Å². The second kappa shape index (κ2) is 8.62.